The molecule has 1 aromatic carbocycles. The minimum absolute atomic E-state index is 0.362. The summed E-state index contributed by atoms with van der Waals surface area (Å²) in [6.07, 6.45) is -2.67. The zero-order valence-electron chi connectivity index (χ0n) is 7.43. The van der Waals surface area contributed by atoms with Gasteiger partial charge in [0.2, 0.25) is 0 Å². The zero-order valence-corrected chi connectivity index (χ0v) is 9.01. The molecule has 2 aromatic rings. The fourth-order valence-electron chi connectivity index (χ4n) is 1.37. The highest BCUT2D eigenvalue weighted by atomic mass is 79.9. The van der Waals surface area contributed by atoms with Crippen LogP contribution in [-0.4, -0.2) is 4.98 Å². The number of halogens is 3. The quantitative estimate of drug-likeness (QED) is 0.850. The van der Waals surface area contributed by atoms with Crippen LogP contribution in [0.1, 0.15) is 12.1 Å². The van der Waals surface area contributed by atoms with Crippen LogP contribution in [0.4, 0.5) is 8.78 Å². The molecule has 5 heteroatoms. The van der Waals surface area contributed by atoms with E-state index >= 15 is 0 Å². The van der Waals surface area contributed by atoms with Crippen molar-refractivity contribution in [3.05, 3.63) is 44.7 Å². The van der Waals surface area contributed by atoms with Gasteiger partial charge in [0.15, 0.2) is 5.43 Å². The second-order valence-corrected chi connectivity index (χ2v) is 3.91. The molecule has 0 spiro atoms. The Morgan fingerprint density at radius 3 is 2.73 bits per heavy atom. The molecule has 0 atom stereocenters. The smallest absolute Gasteiger partial charge is 0.278 e. The molecule has 2 rings (SSSR count). The normalized spacial score (nSPS) is 11.2. The molecule has 0 saturated heterocycles. The van der Waals surface area contributed by atoms with E-state index in [4.69, 9.17) is 0 Å². The summed E-state index contributed by atoms with van der Waals surface area (Å²) in [5.74, 6) is 0. The first-order valence-electron chi connectivity index (χ1n) is 4.19. The predicted molar refractivity (Wildman–Crippen MR) is 57.2 cm³/mol. The Morgan fingerprint density at radius 1 is 1.33 bits per heavy atom. The third kappa shape index (κ3) is 1.79. The Hall–Kier alpha value is -1.23. The SMILES string of the molecule is O=c1cc(C(F)F)[nH]c2c(Br)cccc12. The van der Waals surface area contributed by atoms with Crippen molar-refractivity contribution in [2.75, 3.05) is 0 Å². The number of pyridine rings is 1. The lowest BCUT2D eigenvalue weighted by molar-refractivity contribution is 0.146. The minimum atomic E-state index is -2.67. The number of alkyl halides is 2. The molecule has 1 aromatic heterocycles. The van der Waals surface area contributed by atoms with Gasteiger partial charge in [0.1, 0.15) is 0 Å². The van der Waals surface area contributed by atoms with Crippen LogP contribution in [0.5, 0.6) is 0 Å². The summed E-state index contributed by atoms with van der Waals surface area (Å²) < 4.78 is 25.4. The Balaban J connectivity index is 2.86. The number of benzene rings is 1. The highest BCUT2D eigenvalue weighted by Gasteiger charge is 2.11. The molecular weight excluding hydrogens is 268 g/mol. The highest BCUT2D eigenvalue weighted by molar-refractivity contribution is 9.10. The molecule has 0 saturated carbocycles. The molecule has 1 heterocycles. The van der Waals surface area contributed by atoms with Gasteiger partial charge >= 0.3 is 0 Å². The van der Waals surface area contributed by atoms with Crippen molar-refractivity contribution in [3.63, 3.8) is 0 Å². The molecule has 0 aliphatic heterocycles. The van der Waals surface area contributed by atoms with E-state index in [-0.39, 0.29) is 5.69 Å². The Labute approximate surface area is 92.1 Å². The maximum absolute atomic E-state index is 12.4. The van der Waals surface area contributed by atoms with Crippen LogP contribution in [-0.2, 0) is 0 Å². The molecule has 15 heavy (non-hydrogen) atoms. The molecular formula is C10H6BrF2NO. The first-order chi connectivity index (χ1) is 7.09. The van der Waals surface area contributed by atoms with Gasteiger partial charge in [-0.15, -0.1) is 0 Å². The number of rotatable bonds is 1. The van der Waals surface area contributed by atoms with Gasteiger partial charge in [0, 0.05) is 15.9 Å². The topological polar surface area (TPSA) is 32.9 Å². The summed E-state index contributed by atoms with van der Waals surface area (Å²) in [5, 5.41) is 0.397. The Bertz CT molecular complexity index is 565. The van der Waals surface area contributed by atoms with Gasteiger partial charge in [0.25, 0.3) is 6.43 Å². The summed E-state index contributed by atoms with van der Waals surface area (Å²) in [6, 6.07) is 5.89. The van der Waals surface area contributed by atoms with Crippen LogP contribution >= 0.6 is 15.9 Å². The van der Waals surface area contributed by atoms with Crippen LogP contribution in [0.3, 0.4) is 0 Å². The van der Waals surface area contributed by atoms with Crippen LogP contribution in [0.15, 0.2) is 33.5 Å². The maximum atomic E-state index is 12.4. The van der Waals surface area contributed by atoms with E-state index in [9.17, 15) is 13.6 Å². The minimum Gasteiger partial charge on any atom is -0.353 e. The van der Waals surface area contributed by atoms with Crippen molar-refractivity contribution in [3.8, 4) is 0 Å². The monoisotopic (exact) mass is 273 g/mol. The standard InChI is InChI=1S/C10H6BrF2NO/c11-6-3-1-2-5-8(15)4-7(10(12)13)14-9(5)6/h1-4,10H,(H,14,15). The number of hydrogen-bond donors (Lipinski definition) is 1. The van der Waals surface area contributed by atoms with E-state index in [1.807, 2.05) is 0 Å². The second-order valence-electron chi connectivity index (χ2n) is 3.05. The molecule has 78 valence electrons. The highest BCUT2D eigenvalue weighted by Crippen LogP contribution is 2.22. The van der Waals surface area contributed by atoms with Gasteiger partial charge in [-0.3, -0.25) is 4.79 Å². The molecule has 2 nitrogen and oxygen atoms in total. The number of H-pyrrole nitrogens is 1. The first kappa shape index (κ1) is 10.3. The fourth-order valence-corrected chi connectivity index (χ4v) is 1.84. The van der Waals surface area contributed by atoms with E-state index in [1.54, 1.807) is 18.2 Å². The molecule has 0 bridgehead atoms. The molecule has 0 radical (unpaired) electrons. The predicted octanol–water partition coefficient (Wildman–Crippen LogP) is 3.23. The first-order valence-corrected chi connectivity index (χ1v) is 4.98. The number of nitrogens with one attached hydrogen (secondary N) is 1. The van der Waals surface area contributed by atoms with Crippen molar-refractivity contribution in [2.24, 2.45) is 0 Å². The van der Waals surface area contributed by atoms with Crippen molar-refractivity contribution < 1.29 is 8.78 Å². The Kier molecular flexibility index (Phi) is 2.56. The number of para-hydroxylation sites is 1. The van der Waals surface area contributed by atoms with Crippen molar-refractivity contribution in [1.82, 2.24) is 4.98 Å². The van der Waals surface area contributed by atoms with Gasteiger partial charge in [0.05, 0.1) is 11.2 Å². The summed E-state index contributed by atoms with van der Waals surface area (Å²) in [5.41, 5.74) is -0.361. The average molecular weight is 274 g/mol. The van der Waals surface area contributed by atoms with Crippen molar-refractivity contribution in [1.29, 1.82) is 0 Å². The van der Waals surface area contributed by atoms with Gasteiger partial charge in [-0.05, 0) is 28.1 Å². The molecule has 0 unspecified atom stereocenters. The lowest BCUT2D eigenvalue weighted by Crippen LogP contribution is -2.05. The van der Waals surface area contributed by atoms with E-state index in [2.05, 4.69) is 20.9 Å². The zero-order chi connectivity index (χ0) is 11.0. The number of aromatic amines is 1. The largest absolute Gasteiger partial charge is 0.353 e. The number of hydrogen-bond acceptors (Lipinski definition) is 1. The summed E-state index contributed by atoms with van der Waals surface area (Å²) in [7, 11) is 0. The summed E-state index contributed by atoms with van der Waals surface area (Å²) in [4.78, 5) is 14.0. The number of fused-ring (bicyclic) bond motifs is 1. The summed E-state index contributed by atoms with van der Waals surface area (Å²) >= 11 is 3.20. The van der Waals surface area contributed by atoms with Crippen molar-refractivity contribution >= 4 is 26.8 Å². The Morgan fingerprint density at radius 2 is 2.07 bits per heavy atom. The second kappa shape index (κ2) is 3.73. The lowest BCUT2D eigenvalue weighted by atomic mass is 10.2. The van der Waals surface area contributed by atoms with Crippen LogP contribution in [0, 0.1) is 0 Å². The van der Waals surface area contributed by atoms with Gasteiger partial charge < -0.3 is 4.98 Å². The van der Waals surface area contributed by atoms with Crippen LogP contribution < -0.4 is 5.43 Å². The van der Waals surface area contributed by atoms with Gasteiger partial charge in [-0.1, -0.05) is 6.07 Å². The maximum Gasteiger partial charge on any atom is 0.278 e. The third-order valence-electron chi connectivity index (χ3n) is 2.07. The number of aromatic nitrogens is 1. The molecule has 0 amide bonds. The van der Waals surface area contributed by atoms with E-state index in [0.29, 0.717) is 15.4 Å². The molecule has 0 aliphatic carbocycles. The van der Waals surface area contributed by atoms with Crippen LogP contribution in [0.25, 0.3) is 10.9 Å². The van der Waals surface area contributed by atoms with Gasteiger partial charge in [-0.2, -0.15) is 0 Å². The molecule has 1 N–H and O–H groups in total. The van der Waals surface area contributed by atoms with Gasteiger partial charge in [-0.25, -0.2) is 8.78 Å². The van der Waals surface area contributed by atoms with E-state index in [1.165, 1.54) is 0 Å². The molecule has 0 fully saturated rings. The van der Waals surface area contributed by atoms with E-state index < -0.39 is 11.9 Å². The third-order valence-corrected chi connectivity index (χ3v) is 2.73. The lowest BCUT2D eigenvalue weighted by Gasteiger charge is -2.04. The molecule has 0 aliphatic rings. The van der Waals surface area contributed by atoms with E-state index in [0.717, 1.165) is 6.07 Å². The van der Waals surface area contributed by atoms with Crippen molar-refractivity contribution in [2.45, 2.75) is 6.43 Å². The van der Waals surface area contributed by atoms with Crippen LogP contribution in [0.2, 0.25) is 0 Å². The fraction of sp³-hybridized carbons (Fsp3) is 0.100. The summed E-state index contributed by atoms with van der Waals surface area (Å²) in [6.45, 7) is 0. The average Bonchev–Trinajstić information content (AvgIpc) is 2.19.